The number of nitrogens with zero attached hydrogens (tertiary/aromatic N) is 1. The zero-order valence-corrected chi connectivity index (χ0v) is 14.0. The van der Waals surface area contributed by atoms with Crippen molar-refractivity contribution in [3.05, 3.63) is 18.2 Å². The molecule has 1 atom stereocenters. The van der Waals surface area contributed by atoms with Crippen LogP contribution in [0.5, 0.6) is 5.75 Å². The van der Waals surface area contributed by atoms with Crippen LogP contribution in [0, 0.1) is 0 Å². The van der Waals surface area contributed by atoms with Gasteiger partial charge in [-0.3, -0.25) is 14.5 Å². The standard InChI is InChI=1S/C17H25N3O3/c1-12-6-4-5-9-20(12)11-17(22)19-15-10-14(18-13(2)21)7-8-16(15)23-3/h7-8,10,12H,4-6,9,11H2,1-3H3,(H,18,21)(H,19,22)/t12-/m0/s1. The number of piperidine rings is 1. The van der Waals surface area contributed by atoms with Crippen molar-refractivity contribution in [1.29, 1.82) is 0 Å². The highest BCUT2D eigenvalue weighted by Crippen LogP contribution is 2.28. The van der Waals surface area contributed by atoms with Crippen molar-refractivity contribution < 1.29 is 14.3 Å². The van der Waals surface area contributed by atoms with E-state index in [4.69, 9.17) is 4.74 Å². The zero-order valence-electron chi connectivity index (χ0n) is 14.0. The van der Waals surface area contributed by atoms with Crippen molar-refractivity contribution in [2.24, 2.45) is 0 Å². The third kappa shape index (κ3) is 4.96. The second-order valence-corrected chi connectivity index (χ2v) is 5.96. The minimum absolute atomic E-state index is 0.0722. The highest BCUT2D eigenvalue weighted by molar-refractivity contribution is 5.95. The summed E-state index contributed by atoms with van der Waals surface area (Å²) in [7, 11) is 1.55. The largest absolute Gasteiger partial charge is 0.495 e. The number of rotatable bonds is 5. The van der Waals surface area contributed by atoms with Crippen LogP contribution in [-0.2, 0) is 9.59 Å². The fraction of sp³-hybridized carbons (Fsp3) is 0.529. The Morgan fingerprint density at radius 1 is 1.30 bits per heavy atom. The van der Waals surface area contributed by atoms with Crippen LogP contribution in [0.4, 0.5) is 11.4 Å². The number of ether oxygens (including phenoxy) is 1. The average molecular weight is 319 g/mol. The first-order chi connectivity index (χ1) is 11.0. The molecule has 0 aliphatic carbocycles. The van der Waals surface area contributed by atoms with Crippen molar-refractivity contribution in [2.45, 2.75) is 39.2 Å². The number of hydrogen-bond acceptors (Lipinski definition) is 4. The lowest BCUT2D eigenvalue weighted by Crippen LogP contribution is -2.42. The van der Waals surface area contributed by atoms with Crippen LogP contribution >= 0.6 is 0 Å². The molecule has 6 heteroatoms. The van der Waals surface area contributed by atoms with E-state index >= 15 is 0 Å². The van der Waals surface area contributed by atoms with E-state index in [0.29, 0.717) is 29.7 Å². The molecule has 126 valence electrons. The Morgan fingerprint density at radius 3 is 2.74 bits per heavy atom. The molecule has 1 aliphatic rings. The van der Waals surface area contributed by atoms with Gasteiger partial charge in [-0.15, -0.1) is 0 Å². The second-order valence-electron chi connectivity index (χ2n) is 5.96. The number of benzene rings is 1. The van der Waals surface area contributed by atoms with Crippen LogP contribution in [0.15, 0.2) is 18.2 Å². The Balaban J connectivity index is 2.04. The number of hydrogen-bond donors (Lipinski definition) is 2. The van der Waals surface area contributed by atoms with Gasteiger partial charge < -0.3 is 15.4 Å². The lowest BCUT2D eigenvalue weighted by Gasteiger charge is -2.32. The minimum atomic E-state index is -0.158. The Hall–Kier alpha value is -2.08. The molecule has 2 rings (SSSR count). The molecule has 1 aromatic rings. The van der Waals surface area contributed by atoms with Gasteiger partial charge in [-0.2, -0.15) is 0 Å². The first-order valence-electron chi connectivity index (χ1n) is 7.99. The number of carbonyl (C=O) groups excluding carboxylic acids is 2. The fourth-order valence-electron chi connectivity index (χ4n) is 2.85. The van der Waals surface area contributed by atoms with Gasteiger partial charge in [0, 0.05) is 18.7 Å². The third-order valence-electron chi connectivity index (χ3n) is 4.08. The maximum Gasteiger partial charge on any atom is 0.238 e. The van der Waals surface area contributed by atoms with Gasteiger partial charge in [0.05, 0.1) is 19.3 Å². The highest BCUT2D eigenvalue weighted by Gasteiger charge is 2.21. The maximum absolute atomic E-state index is 12.3. The monoisotopic (exact) mass is 319 g/mol. The molecule has 1 fully saturated rings. The average Bonchev–Trinajstić information content (AvgIpc) is 2.49. The van der Waals surface area contributed by atoms with E-state index in [1.165, 1.54) is 13.3 Å². The molecule has 1 aliphatic heterocycles. The van der Waals surface area contributed by atoms with Crippen LogP contribution < -0.4 is 15.4 Å². The number of carbonyl (C=O) groups is 2. The summed E-state index contributed by atoms with van der Waals surface area (Å²) >= 11 is 0. The number of nitrogens with one attached hydrogen (secondary N) is 2. The third-order valence-corrected chi connectivity index (χ3v) is 4.08. The first-order valence-corrected chi connectivity index (χ1v) is 7.99. The van der Waals surface area contributed by atoms with E-state index in [9.17, 15) is 9.59 Å². The normalized spacial score (nSPS) is 18.3. The summed E-state index contributed by atoms with van der Waals surface area (Å²) in [6.45, 7) is 4.93. The molecule has 2 N–H and O–H groups in total. The van der Waals surface area contributed by atoms with Gasteiger partial charge in [-0.05, 0) is 44.5 Å². The molecule has 1 saturated heterocycles. The second kappa shape index (κ2) is 7.97. The first kappa shape index (κ1) is 17.3. The topological polar surface area (TPSA) is 70.7 Å². The van der Waals surface area contributed by atoms with E-state index < -0.39 is 0 Å². The molecular formula is C17H25N3O3. The molecule has 0 aromatic heterocycles. The SMILES string of the molecule is COc1ccc(NC(C)=O)cc1NC(=O)CN1CCCC[C@@H]1C. The van der Waals surface area contributed by atoms with Crippen LogP contribution in [0.2, 0.25) is 0 Å². The smallest absolute Gasteiger partial charge is 0.238 e. The Kier molecular flexibility index (Phi) is 5.98. The van der Waals surface area contributed by atoms with Gasteiger partial charge in [0.1, 0.15) is 5.75 Å². The molecule has 2 amide bonds. The van der Waals surface area contributed by atoms with Gasteiger partial charge >= 0.3 is 0 Å². The molecule has 6 nitrogen and oxygen atoms in total. The van der Waals surface area contributed by atoms with E-state index in [1.807, 2.05) is 0 Å². The number of anilines is 2. The van der Waals surface area contributed by atoms with Crippen LogP contribution in [0.25, 0.3) is 0 Å². The number of likely N-dealkylation sites (tertiary alicyclic amines) is 1. The summed E-state index contributed by atoms with van der Waals surface area (Å²) < 4.78 is 5.28. The van der Waals surface area contributed by atoms with Crippen molar-refractivity contribution >= 4 is 23.2 Å². The van der Waals surface area contributed by atoms with Crippen LogP contribution in [-0.4, -0.2) is 43.0 Å². The molecule has 1 aromatic carbocycles. The number of amides is 2. The van der Waals surface area contributed by atoms with E-state index in [0.717, 1.165) is 19.4 Å². The highest BCUT2D eigenvalue weighted by atomic mass is 16.5. The lowest BCUT2D eigenvalue weighted by atomic mass is 10.0. The predicted molar refractivity (Wildman–Crippen MR) is 90.8 cm³/mol. The molecule has 0 radical (unpaired) electrons. The van der Waals surface area contributed by atoms with Gasteiger partial charge in [-0.1, -0.05) is 6.42 Å². The van der Waals surface area contributed by atoms with E-state index in [-0.39, 0.29) is 11.8 Å². The molecular weight excluding hydrogens is 294 g/mol. The van der Waals surface area contributed by atoms with Gasteiger partial charge in [0.2, 0.25) is 11.8 Å². The molecule has 1 heterocycles. The summed E-state index contributed by atoms with van der Waals surface area (Å²) in [4.78, 5) is 25.7. The maximum atomic E-state index is 12.3. The molecule has 0 spiro atoms. The van der Waals surface area contributed by atoms with Gasteiger partial charge in [0.25, 0.3) is 0 Å². The lowest BCUT2D eigenvalue weighted by molar-refractivity contribution is -0.118. The zero-order chi connectivity index (χ0) is 16.8. The van der Waals surface area contributed by atoms with Gasteiger partial charge in [0.15, 0.2) is 0 Å². The Bertz CT molecular complexity index is 574. The van der Waals surface area contributed by atoms with Crippen molar-refractivity contribution in [1.82, 2.24) is 4.90 Å². The van der Waals surface area contributed by atoms with E-state index in [1.54, 1.807) is 25.3 Å². The Morgan fingerprint density at radius 2 is 2.09 bits per heavy atom. The molecule has 0 saturated carbocycles. The summed E-state index contributed by atoms with van der Waals surface area (Å²) in [6, 6.07) is 5.60. The van der Waals surface area contributed by atoms with Crippen molar-refractivity contribution in [3.8, 4) is 5.75 Å². The Labute approximate surface area is 137 Å². The summed E-state index contributed by atoms with van der Waals surface area (Å²) in [5.74, 6) is 0.339. The number of methoxy groups -OCH3 is 1. The minimum Gasteiger partial charge on any atom is -0.495 e. The summed E-state index contributed by atoms with van der Waals surface area (Å²) in [6.07, 6.45) is 3.50. The molecule has 23 heavy (non-hydrogen) atoms. The van der Waals surface area contributed by atoms with Crippen molar-refractivity contribution in [3.63, 3.8) is 0 Å². The summed E-state index contributed by atoms with van der Waals surface area (Å²) in [5, 5.41) is 5.59. The van der Waals surface area contributed by atoms with Gasteiger partial charge in [-0.25, -0.2) is 0 Å². The summed E-state index contributed by atoms with van der Waals surface area (Å²) in [5.41, 5.74) is 1.19. The molecule has 0 unspecified atom stereocenters. The fourth-order valence-corrected chi connectivity index (χ4v) is 2.85. The quantitative estimate of drug-likeness (QED) is 0.874. The van der Waals surface area contributed by atoms with Crippen molar-refractivity contribution in [2.75, 3.05) is 30.8 Å². The predicted octanol–water partition coefficient (Wildman–Crippen LogP) is 2.47. The van der Waals surface area contributed by atoms with E-state index in [2.05, 4.69) is 22.5 Å². The van der Waals surface area contributed by atoms with Crippen LogP contribution in [0.1, 0.15) is 33.1 Å². The van der Waals surface area contributed by atoms with Crippen LogP contribution in [0.3, 0.4) is 0 Å². The molecule has 0 bridgehead atoms.